The number of hydrogen-bond donors (Lipinski definition) is 0. The van der Waals surface area contributed by atoms with E-state index in [1.54, 1.807) is 12.4 Å². The fraction of sp³-hybridized carbons (Fsp3) is 0.538. The van der Waals surface area contributed by atoms with Gasteiger partial charge in [0.2, 0.25) is 0 Å². The first-order valence-corrected chi connectivity index (χ1v) is 6.16. The molecule has 92 valence electrons. The number of likely N-dealkylation sites (tertiary alicyclic amines) is 1. The summed E-state index contributed by atoms with van der Waals surface area (Å²) in [5.41, 5.74) is 1.22. The van der Waals surface area contributed by atoms with Gasteiger partial charge in [0.1, 0.15) is 0 Å². The molecule has 1 aromatic heterocycles. The Labute approximate surface area is 102 Å². The Hall–Kier alpha value is -1.58. The minimum atomic E-state index is 0.163. The van der Waals surface area contributed by atoms with Crippen molar-refractivity contribution in [1.82, 2.24) is 14.8 Å². The van der Waals surface area contributed by atoms with Crippen LogP contribution in [-0.2, 0) is 6.42 Å². The van der Waals surface area contributed by atoms with E-state index in [-0.39, 0.29) is 6.03 Å². The number of aromatic nitrogens is 1. The van der Waals surface area contributed by atoms with Crippen LogP contribution in [0, 0.1) is 0 Å². The first-order valence-electron chi connectivity index (χ1n) is 6.16. The second-order valence-electron chi connectivity index (χ2n) is 4.50. The van der Waals surface area contributed by atoms with Gasteiger partial charge in [-0.3, -0.25) is 4.98 Å². The van der Waals surface area contributed by atoms with Gasteiger partial charge in [0.25, 0.3) is 0 Å². The Kier molecular flexibility index (Phi) is 3.96. The molecule has 1 aliphatic rings. The SMILES string of the molecule is CN(CCc1ccncc1)C(=O)N1CCCC1. The van der Waals surface area contributed by atoms with Gasteiger partial charge in [-0.1, -0.05) is 0 Å². The monoisotopic (exact) mass is 233 g/mol. The Balaban J connectivity index is 1.80. The van der Waals surface area contributed by atoms with Crippen molar-refractivity contribution in [3.8, 4) is 0 Å². The van der Waals surface area contributed by atoms with E-state index in [9.17, 15) is 4.79 Å². The zero-order chi connectivity index (χ0) is 12.1. The summed E-state index contributed by atoms with van der Waals surface area (Å²) in [7, 11) is 1.88. The van der Waals surface area contributed by atoms with Crippen LogP contribution in [0.15, 0.2) is 24.5 Å². The van der Waals surface area contributed by atoms with Crippen LogP contribution in [0.2, 0.25) is 0 Å². The number of likely N-dealkylation sites (N-methyl/N-ethyl adjacent to an activating group) is 1. The summed E-state index contributed by atoms with van der Waals surface area (Å²) in [6, 6.07) is 4.15. The molecule has 2 amide bonds. The van der Waals surface area contributed by atoms with Crippen molar-refractivity contribution in [2.24, 2.45) is 0 Å². The summed E-state index contributed by atoms with van der Waals surface area (Å²) >= 11 is 0. The molecular weight excluding hydrogens is 214 g/mol. The van der Waals surface area contributed by atoms with E-state index in [1.807, 2.05) is 29.0 Å². The van der Waals surface area contributed by atoms with Crippen molar-refractivity contribution in [3.05, 3.63) is 30.1 Å². The molecule has 17 heavy (non-hydrogen) atoms. The van der Waals surface area contributed by atoms with Crippen LogP contribution in [0.1, 0.15) is 18.4 Å². The van der Waals surface area contributed by atoms with Gasteiger partial charge in [-0.25, -0.2) is 4.79 Å². The van der Waals surface area contributed by atoms with Crippen molar-refractivity contribution in [2.75, 3.05) is 26.7 Å². The summed E-state index contributed by atoms with van der Waals surface area (Å²) in [5, 5.41) is 0. The molecule has 1 aliphatic heterocycles. The Morgan fingerprint density at radius 3 is 2.65 bits per heavy atom. The van der Waals surface area contributed by atoms with Gasteiger partial charge < -0.3 is 9.80 Å². The molecule has 0 aliphatic carbocycles. The Bertz CT molecular complexity index is 360. The molecule has 2 heterocycles. The highest BCUT2D eigenvalue weighted by molar-refractivity contribution is 5.74. The van der Waals surface area contributed by atoms with Crippen molar-refractivity contribution >= 4 is 6.03 Å². The van der Waals surface area contributed by atoms with Crippen molar-refractivity contribution < 1.29 is 4.79 Å². The van der Waals surface area contributed by atoms with E-state index in [0.29, 0.717) is 0 Å². The van der Waals surface area contributed by atoms with Gasteiger partial charge >= 0.3 is 6.03 Å². The van der Waals surface area contributed by atoms with Gasteiger partial charge in [-0.15, -0.1) is 0 Å². The van der Waals surface area contributed by atoms with E-state index in [1.165, 1.54) is 5.56 Å². The maximum atomic E-state index is 12.0. The lowest BCUT2D eigenvalue weighted by atomic mass is 10.2. The maximum absolute atomic E-state index is 12.0. The van der Waals surface area contributed by atoms with Gasteiger partial charge in [-0.05, 0) is 37.0 Å². The second-order valence-corrected chi connectivity index (χ2v) is 4.50. The van der Waals surface area contributed by atoms with Crippen LogP contribution in [0.4, 0.5) is 4.79 Å². The quantitative estimate of drug-likeness (QED) is 0.797. The molecule has 2 rings (SSSR count). The highest BCUT2D eigenvalue weighted by Crippen LogP contribution is 2.10. The fourth-order valence-electron chi connectivity index (χ4n) is 2.09. The van der Waals surface area contributed by atoms with Gasteiger partial charge in [0.05, 0.1) is 0 Å². The first kappa shape index (κ1) is 11.9. The molecular formula is C13H19N3O. The van der Waals surface area contributed by atoms with Crippen LogP contribution in [0.3, 0.4) is 0 Å². The van der Waals surface area contributed by atoms with E-state index >= 15 is 0 Å². The number of carbonyl (C=O) groups is 1. The number of carbonyl (C=O) groups excluding carboxylic acids is 1. The van der Waals surface area contributed by atoms with Crippen molar-refractivity contribution in [1.29, 1.82) is 0 Å². The molecule has 1 aromatic rings. The fourth-order valence-corrected chi connectivity index (χ4v) is 2.09. The molecule has 4 nitrogen and oxygen atoms in total. The zero-order valence-corrected chi connectivity index (χ0v) is 10.3. The lowest BCUT2D eigenvalue weighted by molar-refractivity contribution is 0.173. The largest absolute Gasteiger partial charge is 0.327 e. The van der Waals surface area contributed by atoms with E-state index in [0.717, 1.165) is 38.9 Å². The summed E-state index contributed by atoms with van der Waals surface area (Å²) in [4.78, 5) is 19.7. The normalized spacial score (nSPS) is 15.0. The minimum Gasteiger partial charge on any atom is -0.327 e. The van der Waals surface area contributed by atoms with Crippen molar-refractivity contribution in [2.45, 2.75) is 19.3 Å². The molecule has 1 saturated heterocycles. The van der Waals surface area contributed by atoms with Crippen LogP contribution in [0.5, 0.6) is 0 Å². The Morgan fingerprint density at radius 2 is 2.00 bits per heavy atom. The van der Waals surface area contributed by atoms with E-state index < -0.39 is 0 Å². The number of nitrogens with zero attached hydrogens (tertiary/aromatic N) is 3. The number of amides is 2. The third-order valence-corrected chi connectivity index (χ3v) is 3.19. The van der Waals surface area contributed by atoms with E-state index in [4.69, 9.17) is 0 Å². The standard InChI is InChI=1S/C13H19N3O/c1-15(13(17)16-9-2-3-10-16)11-6-12-4-7-14-8-5-12/h4-5,7-8H,2-3,6,9-11H2,1H3. The minimum absolute atomic E-state index is 0.163. The molecule has 0 unspecified atom stereocenters. The van der Waals surface area contributed by atoms with Crippen LogP contribution < -0.4 is 0 Å². The predicted octanol–water partition coefficient (Wildman–Crippen LogP) is 1.77. The molecule has 0 aromatic carbocycles. The van der Waals surface area contributed by atoms with Gasteiger partial charge in [0.15, 0.2) is 0 Å². The molecule has 0 spiro atoms. The first-order chi connectivity index (χ1) is 8.27. The molecule has 0 N–H and O–H groups in total. The lowest BCUT2D eigenvalue weighted by Gasteiger charge is -2.24. The molecule has 0 bridgehead atoms. The number of urea groups is 1. The van der Waals surface area contributed by atoms with Crippen LogP contribution >= 0.6 is 0 Å². The maximum Gasteiger partial charge on any atom is 0.319 e. The predicted molar refractivity (Wildman–Crippen MR) is 66.8 cm³/mol. The summed E-state index contributed by atoms with van der Waals surface area (Å²) in [6.07, 6.45) is 6.75. The summed E-state index contributed by atoms with van der Waals surface area (Å²) < 4.78 is 0. The van der Waals surface area contributed by atoms with Gasteiger partial charge in [0, 0.05) is 39.1 Å². The lowest BCUT2D eigenvalue weighted by Crippen LogP contribution is -2.40. The number of pyridine rings is 1. The molecule has 0 saturated carbocycles. The highest BCUT2D eigenvalue weighted by atomic mass is 16.2. The third-order valence-electron chi connectivity index (χ3n) is 3.19. The highest BCUT2D eigenvalue weighted by Gasteiger charge is 2.20. The molecule has 4 heteroatoms. The van der Waals surface area contributed by atoms with Crippen LogP contribution in [-0.4, -0.2) is 47.5 Å². The summed E-state index contributed by atoms with van der Waals surface area (Å²) in [5.74, 6) is 0. The topological polar surface area (TPSA) is 36.4 Å². The number of rotatable bonds is 3. The van der Waals surface area contributed by atoms with Crippen molar-refractivity contribution in [3.63, 3.8) is 0 Å². The molecule has 0 radical (unpaired) electrons. The summed E-state index contributed by atoms with van der Waals surface area (Å²) in [6.45, 7) is 2.59. The van der Waals surface area contributed by atoms with Gasteiger partial charge in [-0.2, -0.15) is 0 Å². The second kappa shape index (κ2) is 5.66. The average molecular weight is 233 g/mol. The molecule has 1 fully saturated rings. The smallest absolute Gasteiger partial charge is 0.319 e. The number of hydrogen-bond acceptors (Lipinski definition) is 2. The third kappa shape index (κ3) is 3.19. The zero-order valence-electron chi connectivity index (χ0n) is 10.3. The Morgan fingerprint density at radius 1 is 1.35 bits per heavy atom. The van der Waals surface area contributed by atoms with E-state index in [2.05, 4.69) is 4.98 Å². The molecule has 0 atom stereocenters. The van der Waals surface area contributed by atoms with Crippen LogP contribution in [0.25, 0.3) is 0 Å². The average Bonchev–Trinajstić information content (AvgIpc) is 2.90.